The second-order valence-corrected chi connectivity index (χ2v) is 8.07. The molecular weight excluding hydrogens is 212 g/mol. The fourth-order valence-corrected chi connectivity index (χ4v) is 2.82. The summed E-state index contributed by atoms with van der Waals surface area (Å²) >= 11 is 0. The lowest BCUT2D eigenvalue weighted by atomic mass is 9.78. The fourth-order valence-electron chi connectivity index (χ4n) is 1.45. The van der Waals surface area contributed by atoms with Gasteiger partial charge in [-0.25, -0.2) is 0 Å². The molecule has 0 N–H and O–H groups in total. The first kappa shape index (κ1) is 13.3. The molecule has 0 aliphatic carbocycles. The van der Waals surface area contributed by atoms with Crippen molar-refractivity contribution in [3.63, 3.8) is 0 Å². The molecule has 0 bridgehead atoms. The third-order valence-corrected chi connectivity index (χ3v) is 6.22. The van der Waals surface area contributed by atoms with E-state index in [2.05, 4.69) is 34.6 Å². The summed E-state index contributed by atoms with van der Waals surface area (Å²) in [6.45, 7) is 11.6. The molecule has 0 radical (unpaired) electrons. The Morgan fingerprint density at radius 1 is 1.06 bits per heavy atom. The number of rotatable bonds is 5. The molecule has 1 rings (SSSR count). The van der Waals surface area contributed by atoms with Crippen LogP contribution in [0.1, 0.15) is 41.0 Å². The van der Waals surface area contributed by atoms with Crippen molar-refractivity contribution in [1.82, 2.24) is 0 Å². The smallest absolute Gasteiger partial charge is 0.225 e. The molecule has 1 nitrogen and oxygen atoms in total. The summed E-state index contributed by atoms with van der Waals surface area (Å²) in [6.07, 6.45) is 1.20. The molecule has 16 heavy (non-hydrogen) atoms. The highest BCUT2D eigenvalue weighted by Crippen LogP contribution is 2.46. The largest absolute Gasteiger partial charge is 0.549 e. The van der Waals surface area contributed by atoms with E-state index in [4.69, 9.17) is 4.43 Å². The van der Waals surface area contributed by atoms with E-state index in [1.807, 2.05) is 30.3 Å². The van der Waals surface area contributed by atoms with Gasteiger partial charge in [-0.3, -0.25) is 0 Å². The Morgan fingerprint density at radius 2 is 1.62 bits per heavy atom. The zero-order valence-corrected chi connectivity index (χ0v) is 12.6. The van der Waals surface area contributed by atoms with E-state index >= 15 is 0 Å². The summed E-state index contributed by atoms with van der Waals surface area (Å²) in [5.74, 6) is 1.02. The van der Waals surface area contributed by atoms with Gasteiger partial charge in [-0.1, -0.05) is 59.2 Å². The second kappa shape index (κ2) is 5.04. The number of hydrogen-bond acceptors (Lipinski definition) is 1. The molecule has 90 valence electrons. The third-order valence-electron chi connectivity index (χ3n) is 4.06. The molecule has 2 heteroatoms. The molecule has 0 aromatic heterocycles. The molecule has 1 aromatic carbocycles. The van der Waals surface area contributed by atoms with Crippen molar-refractivity contribution >= 4 is 9.76 Å². The SMILES string of the molecule is CCC(C)(C)C(C)(C)[SiH2]Oc1ccccc1. The molecule has 0 unspecified atom stereocenters. The van der Waals surface area contributed by atoms with E-state index in [9.17, 15) is 0 Å². The maximum absolute atomic E-state index is 6.00. The standard InChI is InChI=1S/C14H24OSi/c1-6-13(2,3)14(4,5)16-15-12-10-8-7-9-11-12/h7-11H,6,16H2,1-5H3. The van der Waals surface area contributed by atoms with Gasteiger partial charge in [-0.2, -0.15) is 0 Å². The predicted octanol–water partition coefficient (Wildman–Crippen LogP) is 3.78. The summed E-state index contributed by atoms with van der Waals surface area (Å²) in [6, 6.07) is 10.2. The normalized spacial score (nSPS) is 13.3. The summed E-state index contributed by atoms with van der Waals surface area (Å²) in [5, 5.41) is 0.317. The van der Waals surface area contributed by atoms with E-state index < -0.39 is 9.76 Å². The highest BCUT2D eigenvalue weighted by molar-refractivity contribution is 6.33. The van der Waals surface area contributed by atoms with Crippen LogP contribution in [0.15, 0.2) is 30.3 Å². The van der Waals surface area contributed by atoms with Crippen molar-refractivity contribution in [3.8, 4) is 5.75 Å². The van der Waals surface area contributed by atoms with Crippen LogP contribution in [0.4, 0.5) is 0 Å². The molecule has 0 aliphatic rings. The summed E-state index contributed by atoms with van der Waals surface area (Å²) in [5.41, 5.74) is 0.355. The lowest BCUT2D eigenvalue weighted by Gasteiger charge is -2.40. The van der Waals surface area contributed by atoms with Crippen LogP contribution in [0.2, 0.25) is 5.04 Å². The average Bonchev–Trinajstić information content (AvgIpc) is 2.27. The Kier molecular flexibility index (Phi) is 4.19. The van der Waals surface area contributed by atoms with Crippen LogP contribution in [0.3, 0.4) is 0 Å². The lowest BCUT2D eigenvalue weighted by molar-refractivity contribution is 0.241. The van der Waals surface area contributed by atoms with E-state index in [0.29, 0.717) is 10.5 Å². The Hall–Kier alpha value is -0.763. The van der Waals surface area contributed by atoms with Crippen LogP contribution in [0, 0.1) is 5.41 Å². The van der Waals surface area contributed by atoms with E-state index in [1.165, 1.54) is 6.42 Å². The van der Waals surface area contributed by atoms with Crippen LogP contribution in [-0.2, 0) is 0 Å². The maximum atomic E-state index is 6.00. The number of para-hydroxylation sites is 1. The van der Waals surface area contributed by atoms with Gasteiger partial charge in [0, 0.05) is 0 Å². The monoisotopic (exact) mass is 236 g/mol. The van der Waals surface area contributed by atoms with E-state index in [-0.39, 0.29) is 0 Å². The highest BCUT2D eigenvalue weighted by atomic mass is 28.2. The van der Waals surface area contributed by atoms with Gasteiger partial charge >= 0.3 is 0 Å². The third kappa shape index (κ3) is 3.11. The van der Waals surface area contributed by atoms with Gasteiger partial charge in [0.1, 0.15) is 5.75 Å². The molecule has 0 atom stereocenters. The number of hydrogen-bond donors (Lipinski definition) is 0. The van der Waals surface area contributed by atoms with Crippen LogP contribution in [0.5, 0.6) is 5.75 Å². The van der Waals surface area contributed by atoms with Crippen molar-refractivity contribution < 1.29 is 4.43 Å². The molecule has 0 aliphatic heterocycles. The lowest BCUT2D eigenvalue weighted by Crippen LogP contribution is -2.33. The minimum absolute atomic E-state index is 0.317. The molecule has 0 saturated carbocycles. The van der Waals surface area contributed by atoms with Gasteiger partial charge in [-0.15, -0.1) is 0 Å². The van der Waals surface area contributed by atoms with Crippen molar-refractivity contribution in [2.75, 3.05) is 0 Å². The zero-order chi connectivity index (χ0) is 12.2. The van der Waals surface area contributed by atoms with Gasteiger partial charge < -0.3 is 4.43 Å². The predicted molar refractivity (Wildman–Crippen MR) is 73.7 cm³/mol. The minimum atomic E-state index is -0.574. The van der Waals surface area contributed by atoms with Crippen molar-refractivity contribution in [2.45, 2.75) is 46.1 Å². The van der Waals surface area contributed by atoms with Crippen LogP contribution in [-0.4, -0.2) is 9.76 Å². The van der Waals surface area contributed by atoms with Gasteiger partial charge in [0.05, 0.1) is 0 Å². The fraction of sp³-hybridized carbons (Fsp3) is 0.571. The van der Waals surface area contributed by atoms with Crippen LogP contribution < -0.4 is 4.43 Å². The van der Waals surface area contributed by atoms with E-state index in [0.717, 1.165) is 5.75 Å². The minimum Gasteiger partial charge on any atom is -0.549 e. The Morgan fingerprint density at radius 3 is 2.12 bits per heavy atom. The maximum Gasteiger partial charge on any atom is 0.225 e. The van der Waals surface area contributed by atoms with Gasteiger partial charge in [0.2, 0.25) is 9.76 Å². The zero-order valence-electron chi connectivity index (χ0n) is 11.2. The summed E-state index contributed by atoms with van der Waals surface area (Å²) < 4.78 is 6.00. The summed E-state index contributed by atoms with van der Waals surface area (Å²) in [4.78, 5) is 0. The topological polar surface area (TPSA) is 9.23 Å². The quantitative estimate of drug-likeness (QED) is 0.707. The Bertz CT molecular complexity index is 317. The molecule has 0 spiro atoms. The first-order valence-electron chi connectivity index (χ1n) is 6.07. The molecular formula is C14H24OSi. The van der Waals surface area contributed by atoms with Crippen molar-refractivity contribution in [3.05, 3.63) is 30.3 Å². The van der Waals surface area contributed by atoms with Crippen molar-refractivity contribution in [1.29, 1.82) is 0 Å². The molecule has 1 aromatic rings. The average molecular weight is 236 g/mol. The Balaban J connectivity index is 2.61. The first-order chi connectivity index (χ1) is 7.39. The first-order valence-corrected chi connectivity index (χ1v) is 7.35. The van der Waals surface area contributed by atoms with Gasteiger partial charge in [0.25, 0.3) is 0 Å². The molecule has 0 saturated heterocycles. The van der Waals surface area contributed by atoms with Gasteiger partial charge in [-0.05, 0) is 22.6 Å². The molecule has 0 heterocycles. The Labute approximate surface area is 102 Å². The van der Waals surface area contributed by atoms with Gasteiger partial charge in [0.15, 0.2) is 0 Å². The van der Waals surface area contributed by atoms with Crippen LogP contribution >= 0.6 is 0 Å². The van der Waals surface area contributed by atoms with E-state index in [1.54, 1.807) is 0 Å². The van der Waals surface area contributed by atoms with Crippen LogP contribution in [0.25, 0.3) is 0 Å². The highest BCUT2D eigenvalue weighted by Gasteiger charge is 2.36. The second-order valence-electron chi connectivity index (χ2n) is 5.72. The molecule has 0 amide bonds. The summed E-state index contributed by atoms with van der Waals surface area (Å²) in [7, 11) is -0.574. The number of benzene rings is 1. The molecule has 0 fully saturated rings. The van der Waals surface area contributed by atoms with Crippen molar-refractivity contribution in [2.24, 2.45) is 5.41 Å².